The molecule has 0 fully saturated rings. The van der Waals surface area contributed by atoms with Gasteiger partial charge in [-0.15, -0.1) is 11.3 Å². The number of benzene rings is 1. The van der Waals surface area contributed by atoms with Crippen LogP contribution < -0.4 is 10.1 Å². The van der Waals surface area contributed by atoms with Gasteiger partial charge in [0.15, 0.2) is 0 Å². The van der Waals surface area contributed by atoms with Crippen LogP contribution >= 0.6 is 27.3 Å². The van der Waals surface area contributed by atoms with E-state index in [-0.39, 0.29) is 5.91 Å². The Kier molecular flexibility index (Phi) is 4.04. The lowest BCUT2D eigenvalue weighted by Gasteiger charge is -2.10. The van der Waals surface area contributed by atoms with E-state index in [4.69, 9.17) is 4.74 Å². The molecule has 0 bridgehead atoms. The van der Waals surface area contributed by atoms with Crippen molar-refractivity contribution >= 4 is 38.9 Å². The minimum Gasteiger partial charge on any atom is -0.495 e. The number of nitrogens with one attached hydrogen (secondary N) is 1. The molecule has 5 heteroatoms. The van der Waals surface area contributed by atoms with Crippen molar-refractivity contribution in [1.29, 1.82) is 0 Å². The standard InChI is InChI=1S/C13H12BrNO2S/c1-8-3-4-10(17-2)9(7-8)15-13(16)11-5-6-12(14)18-11/h3-7H,1-2H3,(H,15,16). The van der Waals surface area contributed by atoms with Gasteiger partial charge in [0.05, 0.1) is 21.5 Å². The highest BCUT2D eigenvalue weighted by Crippen LogP contribution is 2.27. The van der Waals surface area contributed by atoms with E-state index in [1.165, 1.54) is 11.3 Å². The van der Waals surface area contributed by atoms with Crippen LogP contribution in [-0.2, 0) is 0 Å². The normalized spacial score (nSPS) is 10.2. The van der Waals surface area contributed by atoms with Crippen molar-refractivity contribution in [2.45, 2.75) is 6.92 Å². The van der Waals surface area contributed by atoms with Crippen molar-refractivity contribution in [2.75, 3.05) is 12.4 Å². The molecule has 1 heterocycles. The molecule has 1 aromatic carbocycles. The Balaban J connectivity index is 2.23. The summed E-state index contributed by atoms with van der Waals surface area (Å²) in [7, 11) is 1.59. The molecular weight excluding hydrogens is 314 g/mol. The van der Waals surface area contributed by atoms with Crippen LogP contribution in [0.5, 0.6) is 5.75 Å². The summed E-state index contributed by atoms with van der Waals surface area (Å²) in [5.74, 6) is 0.527. The van der Waals surface area contributed by atoms with Gasteiger partial charge in [0.25, 0.3) is 5.91 Å². The van der Waals surface area contributed by atoms with E-state index < -0.39 is 0 Å². The zero-order valence-corrected chi connectivity index (χ0v) is 12.4. The molecule has 0 saturated heterocycles. The number of ether oxygens (including phenoxy) is 1. The average Bonchev–Trinajstić information content (AvgIpc) is 2.76. The van der Waals surface area contributed by atoms with Gasteiger partial charge in [-0.1, -0.05) is 6.07 Å². The summed E-state index contributed by atoms with van der Waals surface area (Å²) < 4.78 is 6.16. The Hall–Kier alpha value is -1.33. The van der Waals surface area contributed by atoms with Crippen LogP contribution in [0.15, 0.2) is 34.1 Å². The van der Waals surface area contributed by atoms with E-state index in [0.29, 0.717) is 16.3 Å². The quantitative estimate of drug-likeness (QED) is 0.923. The first-order chi connectivity index (χ1) is 8.60. The first kappa shape index (κ1) is 13.1. The molecule has 3 nitrogen and oxygen atoms in total. The molecule has 0 aliphatic heterocycles. The molecule has 18 heavy (non-hydrogen) atoms. The number of carbonyl (C=O) groups is 1. The zero-order valence-electron chi connectivity index (χ0n) is 9.99. The SMILES string of the molecule is COc1ccc(C)cc1NC(=O)c1ccc(Br)s1. The van der Waals surface area contributed by atoms with Gasteiger partial charge in [0, 0.05) is 0 Å². The Morgan fingerprint density at radius 3 is 2.72 bits per heavy atom. The third-order valence-corrected chi connectivity index (χ3v) is 4.02. The highest BCUT2D eigenvalue weighted by molar-refractivity contribution is 9.11. The van der Waals surface area contributed by atoms with Gasteiger partial charge in [0.2, 0.25) is 0 Å². The topological polar surface area (TPSA) is 38.3 Å². The van der Waals surface area contributed by atoms with Crippen LogP contribution in [-0.4, -0.2) is 13.0 Å². The first-order valence-corrected chi connectivity index (χ1v) is 6.92. The Morgan fingerprint density at radius 1 is 1.33 bits per heavy atom. The summed E-state index contributed by atoms with van der Waals surface area (Å²) in [6.45, 7) is 1.97. The molecule has 0 aliphatic carbocycles. The van der Waals surface area contributed by atoms with Crippen LogP contribution in [0.2, 0.25) is 0 Å². The average molecular weight is 326 g/mol. The molecule has 1 aromatic heterocycles. The van der Waals surface area contributed by atoms with Gasteiger partial charge in [-0.2, -0.15) is 0 Å². The predicted octanol–water partition coefficient (Wildman–Crippen LogP) is 4.08. The molecule has 1 N–H and O–H groups in total. The largest absolute Gasteiger partial charge is 0.495 e. The molecule has 0 saturated carbocycles. The third kappa shape index (κ3) is 2.91. The molecule has 0 radical (unpaired) electrons. The summed E-state index contributed by atoms with van der Waals surface area (Å²) in [6.07, 6.45) is 0. The summed E-state index contributed by atoms with van der Waals surface area (Å²) >= 11 is 4.74. The van der Waals surface area contributed by atoms with Gasteiger partial charge in [-0.3, -0.25) is 4.79 Å². The molecular formula is C13H12BrNO2S. The van der Waals surface area contributed by atoms with E-state index in [1.54, 1.807) is 13.2 Å². The minimum atomic E-state index is -0.130. The maximum Gasteiger partial charge on any atom is 0.265 e. The summed E-state index contributed by atoms with van der Waals surface area (Å²) in [4.78, 5) is 12.7. The molecule has 0 spiro atoms. The number of methoxy groups -OCH3 is 1. The number of halogens is 1. The molecule has 2 aromatic rings. The molecule has 0 unspecified atom stereocenters. The number of carbonyl (C=O) groups excluding carboxylic acids is 1. The number of thiophene rings is 1. The second-order valence-corrected chi connectivity index (χ2v) is 6.22. The zero-order chi connectivity index (χ0) is 13.1. The van der Waals surface area contributed by atoms with Gasteiger partial charge in [0.1, 0.15) is 5.75 Å². The van der Waals surface area contributed by atoms with E-state index in [0.717, 1.165) is 9.35 Å². The Morgan fingerprint density at radius 2 is 2.11 bits per heavy atom. The van der Waals surface area contributed by atoms with Crippen molar-refractivity contribution in [2.24, 2.45) is 0 Å². The lowest BCUT2D eigenvalue weighted by atomic mass is 10.2. The van der Waals surface area contributed by atoms with Crippen molar-refractivity contribution in [3.63, 3.8) is 0 Å². The number of aryl methyl sites for hydroxylation is 1. The fourth-order valence-corrected chi connectivity index (χ4v) is 2.82. The highest BCUT2D eigenvalue weighted by Gasteiger charge is 2.11. The smallest absolute Gasteiger partial charge is 0.265 e. The first-order valence-electron chi connectivity index (χ1n) is 5.31. The van der Waals surface area contributed by atoms with Crippen LogP contribution in [0.4, 0.5) is 5.69 Å². The van der Waals surface area contributed by atoms with Crippen molar-refractivity contribution in [1.82, 2.24) is 0 Å². The highest BCUT2D eigenvalue weighted by atomic mass is 79.9. The third-order valence-electron chi connectivity index (χ3n) is 2.40. The Bertz CT molecular complexity index is 580. The van der Waals surface area contributed by atoms with Crippen molar-refractivity contribution < 1.29 is 9.53 Å². The van der Waals surface area contributed by atoms with Crippen molar-refractivity contribution in [3.05, 3.63) is 44.6 Å². The molecule has 0 aliphatic rings. The van der Waals surface area contributed by atoms with E-state index in [2.05, 4.69) is 21.2 Å². The number of rotatable bonds is 3. The van der Waals surface area contributed by atoms with Gasteiger partial charge < -0.3 is 10.1 Å². The lowest BCUT2D eigenvalue weighted by molar-refractivity contribution is 0.103. The van der Waals surface area contributed by atoms with Crippen LogP contribution in [0.3, 0.4) is 0 Å². The predicted molar refractivity (Wildman–Crippen MR) is 77.7 cm³/mol. The van der Waals surface area contributed by atoms with E-state index in [1.807, 2.05) is 31.2 Å². The van der Waals surface area contributed by atoms with Gasteiger partial charge >= 0.3 is 0 Å². The number of amides is 1. The molecule has 94 valence electrons. The van der Waals surface area contributed by atoms with Gasteiger partial charge in [-0.25, -0.2) is 0 Å². The second-order valence-electron chi connectivity index (χ2n) is 3.76. The summed E-state index contributed by atoms with van der Waals surface area (Å²) in [5.41, 5.74) is 1.76. The fourth-order valence-electron chi connectivity index (χ4n) is 1.54. The monoisotopic (exact) mass is 325 g/mol. The van der Waals surface area contributed by atoms with Gasteiger partial charge in [-0.05, 0) is 52.7 Å². The van der Waals surface area contributed by atoms with Crippen LogP contribution in [0.1, 0.15) is 15.2 Å². The number of hydrogen-bond acceptors (Lipinski definition) is 3. The molecule has 2 rings (SSSR count). The van der Waals surface area contributed by atoms with Crippen LogP contribution in [0.25, 0.3) is 0 Å². The lowest BCUT2D eigenvalue weighted by Crippen LogP contribution is -2.11. The number of anilines is 1. The minimum absolute atomic E-state index is 0.130. The van der Waals surface area contributed by atoms with Crippen molar-refractivity contribution in [3.8, 4) is 5.75 Å². The summed E-state index contributed by atoms with van der Waals surface area (Å²) in [6, 6.07) is 9.31. The van der Waals surface area contributed by atoms with Crippen LogP contribution in [0, 0.1) is 6.92 Å². The number of hydrogen-bond donors (Lipinski definition) is 1. The molecule has 1 amide bonds. The second kappa shape index (κ2) is 5.54. The fraction of sp³-hybridized carbons (Fsp3) is 0.154. The summed E-state index contributed by atoms with van der Waals surface area (Å²) in [5, 5.41) is 2.86. The van der Waals surface area contributed by atoms with E-state index in [9.17, 15) is 4.79 Å². The Labute approximate surface area is 118 Å². The molecule has 0 atom stereocenters. The maximum absolute atomic E-state index is 12.0. The van der Waals surface area contributed by atoms with E-state index >= 15 is 0 Å². The maximum atomic E-state index is 12.0.